The van der Waals surface area contributed by atoms with Crippen LogP contribution in [0.2, 0.25) is 0 Å². The van der Waals surface area contributed by atoms with Crippen LogP contribution < -0.4 is 9.88 Å². The van der Waals surface area contributed by atoms with Crippen molar-refractivity contribution in [2.45, 2.75) is 24.7 Å². The molecule has 1 fully saturated rings. The van der Waals surface area contributed by atoms with Crippen molar-refractivity contribution in [3.63, 3.8) is 0 Å². The molecule has 0 unspecified atom stereocenters. The molecule has 5 heteroatoms. The van der Waals surface area contributed by atoms with E-state index < -0.39 is 10.0 Å². The van der Waals surface area contributed by atoms with Crippen molar-refractivity contribution in [2.24, 2.45) is 10.6 Å². The number of methoxy groups -OCH3 is 1. The van der Waals surface area contributed by atoms with Gasteiger partial charge >= 0.3 is 0 Å². The number of hydrogen-bond acceptors (Lipinski definition) is 3. The molecule has 26 heavy (non-hydrogen) atoms. The van der Waals surface area contributed by atoms with E-state index >= 15 is 0 Å². The van der Waals surface area contributed by atoms with Gasteiger partial charge < -0.3 is 4.74 Å². The van der Waals surface area contributed by atoms with Gasteiger partial charge in [-0.15, -0.1) is 0 Å². The molecule has 2 aliphatic carbocycles. The zero-order valence-electron chi connectivity index (χ0n) is 14.8. The van der Waals surface area contributed by atoms with Crippen molar-refractivity contribution in [3.8, 4) is 5.75 Å². The monoisotopic (exact) mass is 367 g/mol. The van der Waals surface area contributed by atoms with Crippen LogP contribution in [-0.2, 0) is 10.0 Å². The summed E-state index contributed by atoms with van der Waals surface area (Å²) in [4.78, 5) is 0.131. The lowest BCUT2D eigenvalue weighted by Gasteiger charge is -2.12. The molecule has 2 N–H and O–H groups in total. The molecular formula is C21H21NO3S. The molecule has 0 radical (unpaired) electrons. The minimum absolute atomic E-state index is 0.131. The Morgan fingerprint density at radius 2 is 1.54 bits per heavy atom. The first kappa shape index (κ1) is 17.1. The summed E-state index contributed by atoms with van der Waals surface area (Å²) in [7, 11) is -2.01. The van der Waals surface area contributed by atoms with Gasteiger partial charge in [0.2, 0.25) is 10.0 Å². The fourth-order valence-electron chi connectivity index (χ4n) is 3.55. The van der Waals surface area contributed by atoms with Crippen molar-refractivity contribution in [3.05, 3.63) is 71.3 Å². The third-order valence-corrected chi connectivity index (χ3v) is 6.11. The highest BCUT2D eigenvalue weighted by molar-refractivity contribution is 7.89. The normalized spacial score (nSPS) is 17.8. The number of aryl methyl sites for hydroxylation is 1. The Morgan fingerprint density at radius 3 is 2.04 bits per heavy atom. The van der Waals surface area contributed by atoms with E-state index in [9.17, 15) is 8.42 Å². The third kappa shape index (κ3) is 2.97. The van der Waals surface area contributed by atoms with Gasteiger partial charge in [-0.2, -0.15) is 0 Å². The van der Waals surface area contributed by atoms with Gasteiger partial charge in [-0.1, -0.05) is 30.4 Å². The van der Waals surface area contributed by atoms with Gasteiger partial charge in [0.25, 0.3) is 0 Å². The van der Waals surface area contributed by atoms with E-state index in [1.165, 1.54) is 5.57 Å². The van der Waals surface area contributed by atoms with E-state index in [-0.39, 0.29) is 10.3 Å². The van der Waals surface area contributed by atoms with Gasteiger partial charge in [-0.05, 0) is 71.9 Å². The first-order valence-corrected chi connectivity index (χ1v) is 10.1. The molecule has 0 bridgehead atoms. The Balaban J connectivity index is 1.76. The molecular weight excluding hydrogens is 346 g/mol. The number of rotatable bonds is 4. The predicted molar refractivity (Wildman–Crippen MR) is 103 cm³/mol. The molecule has 0 saturated heterocycles. The molecule has 0 aliphatic heterocycles. The van der Waals surface area contributed by atoms with Crippen LogP contribution in [0.4, 0.5) is 0 Å². The second-order valence-corrected chi connectivity index (χ2v) is 8.66. The van der Waals surface area contributed by atoms with E-state index in [0.717, 1.165) is 40.9 Å². The number of nitrogens with two attached hydrogens (primary N) is 1. The van der Waals surface area contributed by atoms with Crippen LogP contribution in [0.1, 0.15) is 29.5 Å². The molecule has 1 saturated carbocycles. The summed E-state index contributed by atoms with van der Waals surface area (Å²) in [6.07, 6.45) is 6.97. The molecule has 2 aromatic carbocycles. The molecule has 2 aliphatic rings. The summed E-state index contributed by atoms with van der Waals surface area (Å²) < 4.78 is 28.4. The molecule has 0 heterocycles. The fraction of sp³-hybridized carbons (Fsp3) is 0.238. The SMILES string of the molecule is COc1ccc(C2=CC3(C=C2c2ccc(S(N)(=O)=O)cc2)CC3)cc1C. The molecule has 2 aromatic rings. The zero-order valence-corrected chi connectivity index (χ0v) is 15.6. The van der Waals surface area contributed by atoms with Crippen molar-refractivity contribution in [2.75, 3.05) is 7.11 Å². The van der Waals surface area contributed by atoms with Crippen LogP contribution in [0, 0.1) is 12.3 Å². The minimum Gasteiger partial charge on any atom is -0.496 e. The average Bonchev–Trinajstić information content (AvgIpc) is 3.25. The predicted octanol–water partition coefficient (Wildman–Crippen LogP) is 3.91. The summed E-state index contributed by atoms with van der Waals surface area (Å²) >= 11 is 0. The zero-order chi connectivity index (χ0) is 18.5. The topological polar surface area (TPSA) is 69.4 Å². The van der Waals surface area contributed by atoms with Crippen molar-refractivity contribution >= 4 is 21.2 Å². The lowest BCUT2D eigenvalue weighted by molar-refractivity contribution is 0.411. The van der Waals surface area contributed by atoms with Crippen LogP contribution >= 0.6 is 0 Å². The lowest BCUT2D eigenvalue weighted by atomic mass is 9.94. The Hall–Kier alpha value is -2.37. The summed E-state index contributed by atoms with van der Waals surface area (Å²) in [5.41, 5.74) is 5.74. The van der Waals surface area contributed by atoms with E-state index in [1.54, 1.807) is 19.2 Å². The Bertz CT molecular complexity index is 1040. The summed E-state index contributed by atoms with van der Waals surface area (Å²) in [6.45, 7) is 2.04. The van der Waals surface area contributed by atoms with Gasteiger partial charge in [0.05, 0.1) is 12.0 Å². The van der Waals surface area contributed by atoms with Gasteiger partial charge in [-0.25, -0.2) is 13.6 Å². The fourth-order valence-corrected chi connectivity index (χ4v) is 4.07. The summed E-state index contributed by atoms with van der Waals surface area (Å²) in [6, 6.07) is 13.0. The molecule has 0 aromatic heterocycles. The molecule has 1 spiro atoms. The lowest BCUT2D eigenvalue weighted by Crippen LogP contribution is -2.11. The maximum atomic E-state index is 11.5. The molecule has 0 amide bonds. The highest BCUT2D eigenvalue weighted by Crippen LogP contribution is 2.57. The average molecular weight is 367 g/mol. The number of hydrogen-bond donors (Lipinski definition) is 1. The Kier molecular flexibility index (Phi) is 3.82. The highest BCUT2D eigenvalue weighted by Gasteiger charge is 2.43. The van der Waals surface area contributed by atoms with Crippen molar-refractivity contribution in [1.29, 1.82) is 0 Å². The van der Waals surface area contributed by atoms with Crippen LogP contribution in [0.3, 0.4) is 0 Å². The number of sulfonamides is 1. The maximum absolute atomic E-state index is 11.5. The smallest absolute Gasteiger partial charge is 0.238 e. The van der Waals surface area contributed by atoms with E-state index in [0.29, 0.717) is 0 Å². The second kappa shape index (κ2) is 5.83. The quantitative estimate of drug-likeness (QED) is 0.891. The number of ether oxygens (including phenoxy) is 1. The van der Waals surface area contributed by atoms with Crippen molar-refractivity contribution in [1.82, 2.24) is 0 Å². The van der Waals surface area contributed by atoms with E-state index in [4.69, 9.17) is 9.88 Å². The number of allylic oxidation sites excluding steroid dienone is 4. The van der Waals surface area contributed by atoms with Crippen LogP contribution in [-0.4, -0.2) is 15.5 Å². The van der Waals surface area contributed by atoms with Gasteiger partial charge in [0.1, 0.15) is 5.75 Å². The Morgan fingerprint density at radius 1 is 0.962 bits per heavy atom. The molecule has 0 atom stereocenters. The largest absolute Gasteiger partial charge is 0.496 e. The molecule has 4 rings (SSSR count). The third-order valence-electron chi connectivity index (χ3n) is 5.18. The summed E-state index contributed by atoms with van der Waals surface area (Å²) in [5, 5.41) is 5.21. The summed E-state index contributed by atoms with van der Waals surface area (Å²) in [5.74, 6) is 0.872. The van der Waals surface area contributed by atoms with Crippen molar-refractivity contribution < 1.29 is 13.2 Å². The Labute approximate surface area is 154 Å². The molecule has 4 nitrogen and oxygen atoms in total. The first-order chi connectivity index (χ1) is 12.3. The van der Waals surface area contributed by atoms with Gasteiger partial charge in [0.15, 0.2) is 0 Å². The van der Waals surface area contributed by atoms with Gasteiger partial charge in [0, 0.05) is 5.41 Å². The standard InChI is InChI=1S/C21H21NO3S/c1-14-11-16(5-8-20(14)25-2)19-13-21(9-10-21)12-18(19)15-3-6-17(7-4-15)26(22,23)24/h3-8,11-13H,9-10H2,1-2H3,(H2,22,23,24). The molecule has 134 valence electrons. The van der Waals surface area contributed by atoms with Crippen LogP contribution in [0.25, 0.3) is 11.1 Å². The van der Waals surface area contributed by atoms with E-state index in [2.05, 4.69) is 24.3 Å². The highest BCUT2D eigenvalue weighted by atomic mass is 32.2. The van der Waals surface area contributed by atoms with Crippen LogP contribution in [0.5, 0.6) is 5.75 Å². The van der Waals surface area contributed by atoms with Gasteiger partial charge in [-0.3, -0.25) is 0 Å². The number of primary sulfonamides is 1. The minimum atomic E-state index is -3.68. The van der Waals surface area contributed by atoms with Crippen LogP contribution in [0.15, 0.2) is 59.5 Å². The number of benzene rings is 2. The second-order valence-electron chi connectivity index (χ2n) is 7.10. The maximum Gasteiger partial charge on any atom is 0.238 e. The van der Waals surface area contributed by atoms with E-state index in [1.807, 2.05) is 25.1 Å². The first-order valence-electron chi connectivity index (χ1n) is 8.56.